The van der Waals surface area contributed by atoms with E-state index in [-0.39, 0.29) is 11.3 Å². The molecule has 0 unspecified atom stereocenters. The number of aryl methyl sites for hydroxylation is 1. The van der Waals surface area contributed by atoms with E-state index < -0.39 is 10.0 Å². The van der Waals surface area contributed by atoms with Crippen molar-refractivity contribution >= 4 is 10.0 Å². The normalized spacial score (nSPS) is 30.9. The molecule has 0 N–H and O–H groups in total. The Balaban J connectivity index is 1.48. The maximum atomic E-state index is 12.5. The molecule has 0 radical (unpaired) electrons. The van der Waals surface area contributed by atoms with Crippen LogP contribution in [0, 0.1) is 6.92 Å². The molecular weight excluding hydrogens is 288 g/mol. The molecule has 0 aromatic carbocycles. The molecule has 1 aromatic rings. The maximum absolute atomic E-state index is 12.5. The highest BCUT2D eigenvalue weighted by atomic mass is 32.2. The Labute approximate surface area is 126 Å². The highest BCUT2D eigenvalue weighted by Crippen LogP contribution is 2.39. The van der Waals surface area contributed by atoms with Crippen molar-refractivity contribution in [3.8, 4) is 0 Å². The fraction of sp³-hybridized carbons (Fsp3) is 0.733. The van der Waals surface area contributed by atoms with Crippen molar-refractivity contribution in [1.29, 1.82) is 0 Å². The lowest BCUT2D eigenvalue weighted by Gasteiger charge is -2.24. The quantitative estimate of drug-likeness (QED) is 0.850. The summed E-state index contributed by atoms with van der Waals surface area (Å²) in [6.45, 7) is 4.41. The number of hydrogen-bond donors (Lipinski definition) is 0. The summed E-state index contributed by atoms with van der Waals surface area (Å²) >= 11 is 0. The number of nitrogens with zero attached hydrogens (tertiary/aromatic N) is 2. The van der Waals surface area contributed by atoms with Gasteiger partial charge in [0.2, 0.25) is 10.0 Å². The molecular formula is C15H22N2O3S. The molecule has 116 valence electrons. The van der Waals surface area contributed by atoms with Crippen LogP contribution in [0.1, 0.15) is 37.2 Å². The Morgan fingerprint density at radius 2 is 1.90 bits per heavy atom. The van der Waals surface area contributed by atoms with Crippen LogP contribution in [0.25, 0.3) is 0 Å². The summed E-state index contributed by atoms with van der Waals surface area (Å²) in [4.78, 5) is 2.39. The van der Waals surface area contributed by atoms with Crippen molar-refractivity contribution in [1.82, 2.24) is 9.21 Å². The number of hydrogen-bond acceptors (Lipinski definition) is 4. The molecule has 5 nitrogen and oxygen atoms in total. The number of rotatable bonds is 4. The van der Waals surface area contributed by atoms with Gasteiger partial charge in [0.05, 0.1) is 11.8 Å². The van der Waals surface area contributed by atoms with Crippen molar-refractivity contribution < 1.29 is 12.8 Å². The van der Waals surface area contributed by atoms with Gasteiger partial charge in [0, 0.05) is 25.2 Å². The SMILES string of the molecule is Cc1ccc(CN2CC[C@@H]3[C@@H]2CCN3S(=O)(=O)C2CC2)o1. The fourth-order valence-electron chi connectivity index (χ4n) is 3.88. The molecule has 0 amide bonds. The molecule has 1 aliphatic carbocycles. The summed E-state index contributed by atoms with van der Waals surface area (Å²) in [6, 6.07) is 4.56. The predicted octanol–water partition coefficient (Wildman–Crippen LogP) is 1.73. The zero-order chi connectivity index (χ0) is 14.6. The van der Waals surface area contributed by atoms with E-state index in [0.717, 1.165) is 50.3 Å². The highest BCUT2D eigenvalue weighted by molar-refractivity contribution is 7.90. The maximum Gasteiger partial charge on any atom is 0.217 e. The second-order valence-corrected chi connectivity index (χ2v) is 8.72. The number of likely N-dealkylation sites (tertiary alicyclic amines) is 1. The van der Waals surface area contributed by atoms with E-state index in [2.05, 4.69) is 4.90 Å². The molecule has 1 saturated carbocycles. The summed E-state index contributed by atoms with van der Waals surface area (Å²) in [5, 5.41) is -0.0852. The Bertz CT molecular complexity index is 635. The van der Waals surface area contributed by atoms with Crippen molar-refractivity contribution in [2.24, 2.45) is 0 Å². The van der Waals surface area contributed by atoms with Crippen LogP contribution in [-0.4, -0.2) is 48.0 Å². The van der Waals surface area contributed by atoms with Crippen LogP contribution >= 0.6 is 0 Å². The van der Waals surface area contributed by atoms with Gasteiger partial charge in [0.15, 0.2) is 0 Å². The van der Waals surface area contributed by atoms with E-state index in [1.165, 1.54) is 0 Å². The van der Waals surface area contributed by atoms with Gasteiger partial charge in [-0.3, -0.25) is 4.90 Å². The summed E-state index contributed by atoms with van der Waals surface area (Å²) in [6.07, 6.45) is 3.61. The van der Waals surface area contributed by atoms with E-state index in [1.807, 2.05) is 23.4 Å². The van der Waals surface area contributed by atoms with Crippen LogP contribution in [0.15, 0.2) is 16.5 Å². The van der Waals surface area contributed by atoms with Gasteiger partial charge in [-0.15, -0.1) is 0 Å². The first-order valence-electron chi connectivity index (χ1n) is 7.86. The minimum atomic E-state index is -3.03. The third-order valence-corrected chi connectivity index (χ3v) is 7.49. The molecule has 2 atom stereocenters. The second kappa shape index (κ2) is 4.83. The average Bonchev–Trinajstić information content (AvgIpc) is 2.93. The van der Waals surface area contributed by atoms with E-state index in [0.29, 0.717) is 12.6 Å². The minimum absolute atomic E-state index is 0.0852. The van der Waals surface area contributed by atoms with Crippen molar-refractivity contribution in [3.05, 3.63) is 23.7 Å². The van der Waals surface area contributed by atoms with Gasteiger partial charge in [0.25, 0.3) is 0 Å². The Hall–Kier alpha value is -0.850. The van der Waals surface area contributed by atoms with Gasteiger partial charge < -0.3 is 4.42 Å². The molecule has 3 heterocycles. The summed E-state index contributed by atoms with van der Waals surface area (Å²) in [5.41, 5.74) is 0. The third kappa shape index (κ3) is 2.33. The lowest BCUT2D eigenvalue weighted by atomic mass is 10.1. The number of fused-ring (bicyclic) bond motifs is 1. The predicted molar refractivity (Wildman–Crippen MR) is 79.3 cm³/mol. The van der Waals surface area contributed by atoms with Gasteiger partial charge in [-0.05, 0) is 44.7 Å². The van der Waals surface area contributed by atoms with Gasteiger partial charge in [-0.1, -0.05) is 0 Å². The van der Waals surface area contributed by atoms with Crippen LogP contribution in [0.2, 0.25) is 0 Å². The molecule has 1 aromatic heterocycles. The Morgan fingerprint density at radius 3 is 2.57 bits per heavy atom. The van der Waals surface area contributed by atoms with Gasteiger partial charge >= 0.3 is 0 Å². The standard InChI is InChI=1S/C15H22N2O3S/c1-11-2-3-12(20-11)10-16-8-6-15-14(16)7-9-17(15)21(18,19)13-4-5-13/h2-3,13-15H,4-10H2,1H3/t14-,15+/m0/s1. The van der Waals surface area contributed by atoms with E-state index in [1.54, 1.807) is 0 Å². The van der Waals surface area contributed by atoms with Crippen LogP contribution in [0.5, 0.6) is 0 Å². The van der Waals surface area contributed by atoms with E-state index >= 15 is 0 Å². The van der Waals surface area contributed by atoms with Crippen LogP contribution < -0.4 is 0 Å². The summed E-state index contributed by atoms with van der Waals surface area (Å²) in [7, 11) is -3.03. The van der Waals surface area contributed by atoms with Crippen molar-refractivity contribution in [3.63, 3.8) is 0 Å². The summed E-state index contributed by atoms with van der Waals surface area (Å²) in [5.74, 6) is 1.92. The Kier molecular flexibility index (Phi) is 3.17. The molecule has 0 spiro atoms. The second-order valence-electron chi connectivity index (χ2n) is 6.55. The third-order valence-electron chi connectivity index (χ3n) is 5.07. The van der Waals surface area contributed by atoms with Crippen LogP contribution in [0.3, 0.4) is 0 Å². The van der Waals surface area contributed by atoms with Gasteiger partial charge in [-0.2, -0.15) is 4.31 Å². The lowest BCUT2D eigenvalue weighted by Crippen LogP contribution is -2.41. The van der Waals surface area contributed by atoms with Gasteiger partial charge in [0.1, 0.15) is 11.5 Å². The molecule has 21 heavy (non-hydrogen) atoms. The largest absolute Gasteiger partial charge is 0.465 e. The average molecular weight is 310 g/mol. The molecule has 0 bridgehead atoms. The topological polar surface area (TPSA) is 53.8 Å². The van der Waals surface area contributed by atoms with Crippen LogP contribution in [0.4, 0.5) is 0 Å². The van der Waals surface area contributed by atoms with E-state index in [9.17, 15) is 8.42 Å². The number of sulfonamides is 1. The monoisotopic (exact) mass is 310 g/mol. The minimum Gasteiger partial charge on any atom is -0.465 e. The first-order valence-corrected chi connectivity index (χ1v) is 9.36. The number of furan rings is 1. The van der Waals surface area contributed by atoms with Crippen molar-refractivity contribution in [2.45, 2.75) is 56.5 Å². The van der Waals surface area contributed by atoms with Gasteiger partial charge in [-0.25, -0.2) is 8.42 Å². The smallest absolute Gasteiger partial charge is 0.217 e. The summed E-state index contributed by atoms with van der Waals surface area (Å²) < 4.78 is 32.5. The molecule has 3 fully saturated rings. The molecule has 2 aliphatic heterocycles. The molecule has 6 heteroatoms. The zero-order valence-corrected chi connectivity index (χ0v) is 13.2. The fourth-order valence-corrected chi connectivity index (χ4v) is 5.97. The zero-order valence-electron chi connectivity index (χ0n) is 12.4. The first kappa shape index (κ1) is 13.8. The molecule has 3 aliphatic rings. The lowest BCUT2D eigenvalue weighted by molar-refractivity contribution is 0.220. The molecule has 4 rings (SSSR count). The van der Waals surface area contributed by atoms with Crippen molar-refractivity contribution in [2.75, 3.05) is 13.1 Å². The van der Waals surface area contributed by atoms with E-state index in [4.69, 9.17) is 4.42 Å². The van der Waals surface area contributed by atoms with Crippen LogP contribution in [-0.2, 0) is 16.6 Å². The highest BCUT2D eigenvalue weighted by Gasteiger charge is 2.51. The molecule has 2 saturated heterocycles. The Morgan fingerprint density at radius 1 is 1.14 bits per heavy atom. The first-order chi connectivity index (χ1) is 10.1.